The second-order valence-corrected chi connectivity index (χ2v) is 14.4. The second kappa shape index (κ2) is 25.7. The van der Waals surface area contributed by atoms with Crippen LogP contribution < -0.4 is 11.1 Å². The molecule has 0 atom stereocenters. The van der Waals surface area contributed by atoms with Crippen molar-refractivity contribution >= 4 is 39.7 Å². The molecule has 0 fully saturated rings. The zero-order valence-electron chi connectivity index (χ0n) is 35.5. The van der Waals surface area contributed by atoms with Crippen LogP contribution in [-0.4, -0.2) is 165 Å². The fourth-order valence-corrected chi connectivity index (χ4v) is 6.76. The van der Waals surface area contributed by atoms with Crippen LogP contribution in [0.4, 0.5) is 5.82 Å². The van der Waals surface area contributed by atoms with Crippen LogP contribution in [0.3, 0.4) is 0 Å². The molecule has 5 heterocycles. The largest absolute Gasteiger partial charge is 0.383 e. The molecule has 1 aliphatic rings. The fourth-order valence-electron chi connectivity index (χ4n) is 6.76. The van der Waals surface area contributed by atoms with Crippen molar-refractivity contribution < 1.29 is 47.5 Å². The summed E-state index contributed by atoms with van der Waals surface area (Å²) in [5.74, 6) is 0.376. The van der Waals surface area contributed by atoms with E-state index in [0.29, 0.717) is 161 Å². The molecule has 0 unspecified atom stereocenters. The maximum atomic E-state index is 13.0. The number of nitrogens with one attached hydrogen (secondary N) is 2. The van der Waals surface area contributed by atoms with E-state index in [1.165, 1.54) is 18.8 Å². The third-order valence-corrected chi connectivity index (χ3v) is 9.88. The first-order valence-electron chi connectivity index (χ1n) is 21.1. The number of benzene rings is 1. The van der Waals surface area contributed by atoms with E-state index in [1.807, 2.05) is 27.9 Å². The van der Waals surface area contributed by atoms with E-state index in [4.69, 9.17) is 48.7 Å². The number of amides is 2. The number of carbonyl (C=O) groups excluding carboxylic acids is 2. The van der Waals surface area contributed by atoms with Gasteiger partial charge in [0.25, 0.3) is 0 Å². The number of pyridine rings is 1. The van der Waals surface area contributed by atoms with E-state index in [-0.39, 0.29) is 11.8 Å². The Morgan fingerprint density at radius 1 is 0.742 bits per heavy atom. The number of aromatic nitrogens is 6. The molecule has 0 radical (unpaired) electrons. The summed E-state index contributed by atoms with van der Waals surface area (Å²) in [6.45, 7) is 11.0. The Hall–Kier alpha value is -5.12. The lowest BCUT2D eigenvalue weighted by molar-refractivity contribution is -0.133. The molecule has 4 aromatic heterocycles. The molecule has 1 aromatic carbocycles. The second-order valence-electron chi connectivity index (χ2n) is 14.4. The average molecular weight is 862 g/mol. The monoisotopic (exact) mass is 861 g/mol. The number of anilines is 1. The van der Waals surface area contributed by atoms with Gasteiger partial charge in [-0.15, -0.1) is 0 Å². The van der Waals surface area contributed by atoms with Gasteiger partial charge < -0.3 is 58.8 Å². The summed E-state index contributed by atoms with van der Waals surface area (Å²) in [6, 6.07) is 10.4. The molecule has 0 saturated carbocycles. The van der Waals surface area contributed by atoms with E-state index in [9.17, 15) is 9.59 Å². The van der Waals surface area contributed by atoms with Crippen LogP contribution in [0.15, 0.2) is 49.1 Å². The Morgan fingerprint density at radius 2 is 1.35 bits per heavy atom. The molecule has 0 aliphatic carbocycles. The number of ether oxygens (including phenoxy) is 8. The van der Waals surface area contributed by atoms with Gasteiger partial charge in [0.1, 0.15) is 23.5 Å². The Kier molecular flexibility index (Phi) is 19.2. The van der Waals surface area contributed by atoms with Gasteiger partial charge in [0, 0.05) is 49.9 Å². The predicted molar refractivity (Wildman–Crippen MR) is 229 cm³/mol. The third-order valence-electron chi connectivity index (χ3n) is 9.88. The number of hydrogen-bond acceptors (Lipinski definition) is 15. The van der Waals surface area contributed by atoms with Crippen molar-refractivity contribution in [3.05, 3.63) is 65.7 Å². The molecule has 1 aliphatic heterocycles. The van der Waals surface area contributed by atoms with Gasteiger partial charge in [-0.25, -0.2) is 19.6 Å². The zero-order chi connectivity index (χ0) is 43.2. The number of nitrogens with two attached hydrogens (primary N) is 1. The first-order valence-corrected chi connectivity index (χ1v) is 21.1. The lowest BCUT2D eigenvalue weighted by Crippen LogP contribution is -2.36. The molecule has 0 saturated heterocycles. The van der Waals surface area contributed by atoms with E-state index in [1.54, 1.807) is 6.20 Å². The number of carbonyl (C=O) groups is 2. The molecule has 19 nitrogen and oxygen atoms in total. The number of rotatable bonds is 30. The molecule has 62 heavy (non-hydrogen) atoms. The number of aromatic amines is 1. The molecule has 336 valence electrons. The van der Waals surface area contributed by atoms with Crippen molar-refractivity contribution in [3.8, 4) is 11.3 Å². The van der Waals surface area contributed by atoms with Crippen molar-refractivity contribution in [2.75, 3.05) is 125 Å². The topological polar surface area (TPSA) is 222 Å². The average Bonchev–Trinajstić information content (AvgIpc) is 3.91. The highest BCUT2D eigenvalue weighted by Gasteiger charge is 2.22. The standard InChI is InChI=1S/C43H59N9O10/c1-32(53)45-8-11-56-13-15-58-17-19-60-21-23-62-25-24-61-22-20-59-18-16-57-14-12-55-10-6-38(54)51-9-5-34-26-33(2-3-36(34)30-51)29-52-43-39(41(44)48-31-49-43)40(50-52)37-27-35-4-7-46-42(35)47-28-37/h2-4,7,26-28,31H,5-6,8-25,29-30H2,1H3,(H,45,53)(H,46,47)(H2,44,48,49). The van der Waals surface area contributed by atoms with Crippen molar-refractivity contribution in [3.63, 3.8) is 0 Å². The Labute approximate surface area is 360 Å². The normalized spacial score (nSPS) is 12.7. The van der Waals surface area contributed by atoms with Crippen LogP contribution in [0.2, 0.25) is 0 Å². The number of fused-ring (bicyclic) bond motifs is 3. The quantitative estimate of drug-likeness (QED) is 0.0565. The van der Waals surface area contributed by atoms with E-state index < -0.39 is 0 Å². The van der Waals surface area contributed by atoms with Crippen LogP contribution in [0, 0.1) is 0 Å². The van der Waals surface area contributed by atoms with Crippen LogP contribution in [-0.2, 0) is 67.0 Å². The van der Waals surface area contributed by atoms with E-state index in [0.717, 1.165) is 34.1 Å². The minimum absolute atomic E-state index is 0.0679. The zero-order valence-corrected chi connectivity index (χ0v) is 35.5. The molecular formula is C43H59N9O10. The highest BCUT2D eigenvalue weighted by atomic mass is 16.6. The maximum Gasteiger partial charge on any atom is 0.225 e. The molecule has 0 spiro atoms. The first kappa shape index (κ1) is 46.4. The summed E-state index contributed by atoms with van der Waals surface area (Å²) < 4.78 is 45.9. The van der Waals surface area contributed by atoms with E-state index in [2.05, 4.69) is 43.5 Å². The maximum absolute atomic E-state index is 13.0. The smallest absolute Gasteiger partial charge is 0.225 e. The SMILES string of the molecule is CC(=O)NCCOCCOCCOCCOCCOCCOCCOCCOCCC(=O)N1CCc2cc(Cn3nc(-c4cnc5[nH]ccc5c4)c4c(N)ncnc43)ccc2C1. The Balaban J connectivity index is 0.749. The molecule has 2 amide bonds. The minimum atomic E-state index is -0.0679. The van der Waals surface area contributed by atoms with Gasteiger partial charge in [-0.3, -0.25) is 9.59 Å². The van der Waals surface area contributed by atoms with Crippen LogP contribution in [0.5, 0.6) is 0 Å². The minimum Gasteiger partial charge on any atom is -0.383 e. The molecule has 0 bridgehead atoms. The summed E-state index contributed by atoms with van der Waals surface area (Å²) in [6.07, 6.45) is 6.19. The number of nitrogens with zero attached hydrogens (tertiary/aromatic N) is 6. The van der Waals surface area contributed by atoms with Crippen molar-refractivity contribution in [2.45, 2.75) is 32.9 Å². The third kappa shape index (κ3) is 14.8. The van der Waals surface area contributed by atoms with Gasteiger partial charge in [0.15, 0.2) is 5.65 Å². The van der Waals surface area contributed by atoms with Crippen LogP contribution in [0.25, 0.3) is 33.3 Å². The van der Waals surface area contributed by atoms with Crippen molar-refractivity contribution in [1.29, 1.82) is 0 Å². The Bertz CT molecular complexity index is 2130. The van der Waals surface area contributed by atoms with Crippen molar-refractivity contribution in [1.82, 2.24) is 39.9 Å². The van der Waals surface area contributed by atoms with Gasteiger partial charge in [0.05, 0.1) is 124 Å². The summed E-state index contributed by atoms with van der Waals surface area (Å²) in [4.78, 5) is 42.1. The first-order chi connectivity index (χ1) is 30.5. The number of hydrogen-bond donors (Lipinski definition) is 3. The lowest BCUT2D eigenvalue weighted by atomic mass is 9.97. The highest BCUT2D eigenvalue weighted by Crippen LogP contribution is 2.32. The van der Waals surface area contributed by atoms with Crippen molar-refractivity contribution in [2.24, 2.45) is 0 Å². The molecular weight excluding hydrogens is 803 g/mol. The Morgan fingerprint density at radius 3 is 1.98 bits per heavy atom. The van der Waals surface area contributed by atoms with Gasteiger partial charge in [-0.05, 0) is 35.2 Å². The van der Waals surface area contributed by atoms with E-state index >= 15 is 0 Å². The van der Waals surface area contributed by atoms with Gasteiger partial charge in [-0.1, -0.05) is 18.2 Å². The molecule has 5 aromatic rings. The predicted octanol–water partition coefficient (Wildman–Crippen LogP) is 2.54. The molecule has 4 N–H and O–H groups in total. The van der Waals surface area contributed by atoms with Crippen LogP contribution in [0.1, 0.15) is 30.0 Å². The summed E-state index contributed by atoms with van der Waals surface area (Å²) >= 11 is 0. The van der Waals surface area contributed by atoms with Gasteiger partial charge >= 0.3 is 0 Å². The van der Waals surface area contributed by atoms with Gasteiger partial charge in [-0.2, -0.15) is 5.10 Å². The summed E-state index contributed by atoms with van der Waals surface area (Å²) in [5.41, 5.74) is 12.8. The summed E-state index contributed by atoms with van der Waals surface area (Å²) in [5, 5.41) is 9.28. The summed E-state index contributed by atoms with van der Waals surface area (Å²) in [7, 11) is 0. The van der Waals surface area contributed by atoms with Crippen LogP contribution >= 0.6 is 0 Å². The fraction of sp³-hybridized carbons (Fsp3) is 0.535. The van der Waals surface area contributed by atoms with Gasteiger partial charge in [0.2, 0.25) is 11.8 Å². The number of H-pyrrole nitrogens is 1. The number of nitrogen functional groups attached to an aromatic ring is 1. The highest BCUT2D eigenvalue weighted by molar-refractivity contribution is 5.99. The molecule has 19 heteroatoms. The molecule has 6 rings (SSSR count). The lowest BCUT2D eigenvalue weighted by Gasteiger charge is -2.29.